The lowest BCUT2D eigenvalue weighted by molar-refractivity contribution is -0.276. The van der Waals surface area contributed by atoms with Crippen LogP contribution in [0.2, 0.25) is 0 Å². The van der Waals surface area contributed by atoms with E-state index in [9.17, 15) is 22.0 Å². The lowest BCUT2D eigenvalue weighted by Gasteiger charge is -2.11. The van der Waals surface area contributed by atoms with E-state index in [0.717, 1.165) is 6.07 Å². The van der Waals surface area contributed by atoms with Crippen molar-refractivity contribution in [1.82, 2.24) is 4.98 Å². The average Bonchev–Trinajstić information content (AvgIpc) is 2.07. The van der Waals surface area contributed by atoms with Gasteiger partial charge in [0.05, 0.1) is 10.0 Å². The van der Waals surface area contributed by atoms with E-state index in [1.807, 2.05) is 0 Å². The van der Waals surface area contributed by atoms with Crippen molar-refractivity contribution in [1.29, 1.82) is 0 Å². The van der Waals surface area contributed by atoms with Crippen LogP contribution < -0.4 is 10.5 Å². The Kier molecular flexibility index (Phi) is 3.56. The van der Waals surface area contributed by atoms with Crippen LogP contribution in [0.1, 0.15) is 12.0 Å². The summed E-state index contributed by atoms with van der Waals surface area (Å²) in [6.45, 7) is 0. The van der Waals surface area contributed by atoms with Crippen molar-refractivity contribution in [2.75, 3.05) is 5.73 Å². The number of nitrogens with two attached hydrogens (primary N) is 1. The molecule has 0 saturated carbocycles. The molecule has 90 valence electrons. The van der Waals surface area contributed by atoms with Crippen LogP contribution >= 0.6 is 15.9 Å². The highest BCUT2D eigenvalue weighted by atomic mass is 79.9. The van der Waals surface area contributed by atoms with Gasteiger partial charge in [-0.3, -0.25) is 0 Å². The second kappa shape index (κ2) is 4.40. The Labute approximate surface area is 94.5 Å². The molecule has 9 heteroatoms. The molecule has 0 fully saturated rings. The van der Waals surface area contributed by atoms with Crippen LogP contribution in [0, 0.1) is 0 Å². The highest BCUT2D eigenvalue weighted by molar-refractivity contribution is 9.10. The molecule has 0 aliphatic heterocycles. The Hall–Kier alpha value is -1.12. The van der Waals surface area contributed by atoms with Crippen LogP contribution in [0.5, 0.6) is 5.88 Å². The number of alkyl halides is 5. The standard InChI is InChI=1S/C7H4BrF5N2O/c8-3-1-2(4(9)10)5(14)15-6(3)16-7(11,12)13/h1,4H,(H2,14,15). The van der Waals surface area contributed by atoms with Gasteiger partial charge in [-0.25, -0.2) is 8.78 Å². The lowest BCUT2D eigenvalue weighted by Crippen LogP contribution is -2.18. The highest BCUT2D eigenvalue weighted by Gasteiger charge is 2.33. The molecule has 0 unspecified atom stereocenters. The van der Waals surface area contributed by atoms with Crippen LogP contribution in [0.25, 0.3) is 0 Å². The fraction of sp³-hybridized carbons (Fsp3) is 0.286. The smallest absolute Gasteiger partial charge is 0.387 e. The normalized spacial score (nSPS) is 11.9. The van der Waals surface area contributed by atoms with Crippen LogP contribution in [-0.2, 0) is 0 Å². The monoisotopic (exact) mass is 306 g/mol. The van der Waals surface area contributed by atoms with E-state index in [0.29, 0.717) is 0 Å². The third-order valence-corrected chi connectivity index (χ3v) is 2.02. The SMILES string of the molecule is Nc1nc(OC(F)(F)F)c(Br)cc1C(F)F. The summed E-state index contributed by atoms with van der Waals surface area (Å²) in [5.41, 5.74) is 4.39. The number of nitrogens with zero attached hydrogens (tertiary/aromatic N) is 1. The van der Waals surface area contributed by atoms with E-state index >= 15 is 0 Å². The number of halogens is 6. The predicted molar refractivity (Wildman–Crippen MR) is 48.0 cm³/mol. The number of hydrogen-bond donors (Lipinski definition) is 1. The third kappa shape index (κ3) is 3.19. The molecule has 2 N–H and O–H groups in total. The summed E-state index contributed by atoms with van der Waals surface area (Å²) >= 11 is 2.63. The van der Waals surface area contributed by atoms with E-state index in [1.54, 1.807) is 0 Å². The molecule has 3 nitrogen and oxygen atoms in total. The van der Waals surface area contributed by atoms with Crippen LogP contribution in [0.15, 0.2) is 10.5 Å². The molecular weight excluding hydrogens is 303 g/mol. The molecule has 0 aliphatic carbocycles. The van der Waals surface area contributed by atoms with Gasteiger partial charge in [-0.05, 0) is 22.0 Å². The molecule has 0 atom stereocenters. The quantitative estimate of drug-likeness (QED) is 0.853. The molecule has 0 saturated heterocycles. The Morgan fingerprint density at radius 1 is 1.38 bits per heavy atom. The number of rotatable bonds is 2. The van der Waals surface area contributed by atoms with Crippen molar-refractivity contribution in [3.63, 3.8) is 0 Å². The summed E-state index contributed by atoms with van der Waals surface area (Å²) < 4.78 is 63.2. The molecule has 0 aromatic carbocycles. The molecule has 0 spiro atoms. The van der Waals surface area contributed by atoms with Crippen molar-refractivity contribution in [2.24, 2.45) is 0 Å². The minimum Gasteiger partial charge on any atom is -0.387 e. The van der Waals surface area contributed by atoms with Gasteiger partial charge in [-0.2, -0.15) is 4.98 Å². The Bertz CT molecular complexity index is 395. The summed E-state index contributed by atoms with van der Waals surface area (Å²) in [6.07, 6.45) is -7.89. The third-order valence-electron chi connectivity index (χ3n) is 1.45. The first kappa shape index (κ1) is 12.9. The van der Waals surface area contributed by atoms with Gasteiger partial charge in [-0.1, -0.05) is 0 Å². The first-order chi connectivity index (χ1) is 7.20. The first-order valence-corrected chi connectivity index (χ1v) is 4.50. The van der Waals surface area contributed by atoms with Gasteiger partial charge in [0.2, 0.25) is 5.88 Å². The summed E-state index contributed by atoms with van der Waals surface area (Å²) in [7, 11) is 0. The summed E-state index contributed by atoms with van der Waals surface area (Å²) in [5, 5.41) is 0. The van der Waals surface area contributed by atoms with Crippen LogP contribution in [-0.4, -0.2) is 11.3 Å². The van der Waals surface area contributed by atoms with Crippen molar-refractivity contribution >= 4 is 21.7 Å². The molecule has 0 amide bonds. The van der Waals surface area contributed by atoms with E-state index in [2.05, 4.69) is 25.7 Å². The zero-order valence-electron chi connectivity index (χ0n) is 7.36. The number of hydrogen-bond acceptors (Lipinski definition) is 3. The van der Waals surface area contributed by atoms with Gasteiger partial charge in [0.25, 0.3) is 6.43 Å². The first-order valence-electron chi connectivity index (χ1n) is 3.70. The molecule has 16 heavy (non-hydrogen) atoms. The van der Waals surface area contributed by atoms with E-state index in [1.165, 1.54) is 0 Å². The number of pyridine rings is 1. The maximum absolute atomic E-state index is 12.3. The second-order valence-corrected chi connectivity index (χ2v) is 3.45. The van der Waals surface area contributed by atoms with E-state index in [-0.39, 0.29) is 4.47 Å². The Morgan fingerprint density at radius 2 is 1.94 bits per heavy atom. The van der Waals surface area contributed by atoms with Crippen molar-refractivity contribution in [2.45, 2.75) is 12.8 Å². The molecular formula is C7H4BrF5N2O. The fourth-order valence-electron chi connectivity index (χ4n) is 0.856. The summed E-state index contributed by atoms with van der Waals surface area (Å²) in [4.78, 5) is 3.09. The van der Waals surface area contributed by atoms with Gasteiger partial charge in [-0.15, -0.1) is 13.2 Å². The minimum atomic E-state index is -4.96. The van der Waals surface area contributed by atoms with Crippen molar-refractivity contribution < 1.29 is 26.7 Å². The Morgan fingerprint density at radius 3 is 2.38 bits per heavy atom. The fourth-order valence-corrected chi connectivity index (χ4v) is 1.27. The van der Waals surface area contributed by atoms with Gasteiger partial charge in [0.1, 0.15) is 5.82 Å². The predicted octanol–water partition coefficient (Wildman–Crippen LogP) is 3.26. The summed E-state index contributed by atoms with van der Waals surface area (Å²) in [5.74, 6) is -1.62. The largest absolute Gasteiger partial charge is 0.574 e. The van der Waals surface area contributed by atoms with Gasteiger partial charge >= 0.3 is 6.36 Å². The Balaban J connectivity index is 3.11. The van der Waals surface area contributed by atoms with Gasteiger partial charge < -0.3 is 10.5 Å². The molecule has 1 rings (SSSR count). The maximum Gasteiger partial charge on any atom is 0.574 e. The van der Waals surface area contributed by atoms with Crippen molar-refractivity contribution in [3.8, 4) is 5.88 Å². The molecule has 1 aromatic rings. The molecule has 1 heterocycles. The zero-order valence-corrected chi connectivity index (χ0v) is 8.94. The molecule has 0 aliphatic rings. The lowest BCUT2D eigenvalue weighted by atomic mass is 10.2. The topological polar surface area (TPSA) is 48.1 Å². The molecule has 1 aromatic heterocycles. The molecule has 0 radical (unpaired) electrons. The van der Waals surface area contributed by atoms with Gasteiger partial charge in [0, 0.05) is 0 Å². The zero-order chi connectivity index (χ0) is 12.5. The average molecular weight is 307 g/mol. The number of aromatic nitrogens is 1. The summed E-state index contributed by atoms with van der Waals surface area (Å²) in [6, 6.07) is 0.730. The van der Waals surface area contributed by atoms with E-state index in [4.69, 9.17) is 5.73 Å². The maximum atomic E-state index is 12.3. The second-order valence-electron chi connectivity index (χ2n) is 2.60. The van der Waals surface area contributed by atoms with Crippen LogP contribution in [0.4, 0.5) is 27.8 Å². The van der Waals surface area contributed by atoms with Gasteiger partial charge in [0.15, 0.2) is 0 Å². The number of ether oxygens (including phenoxy) is 1. The van der Waals surface area contributed by atoms with E-state index < -0.39 is 30.0 Å². The highest BCUT2D eigenvalue weighted by Crippen LogP contribution is 2.34. The van der Waals surface area contributed by atoms with Crippen LogP contribution in [0.3, 0.4) is 0 Å². The molecule has 0 bridgehead atoms. The van der Waals surface area contributed by atoms with Crippen molar-refractivity contribution in [3.05, 3.63) is 16.1 Å². The number of nitrogen functional groups attached to an aromatic ring is 1. The number of anilines is 1. The minimum absolute atomic E-state index is 0.352.